The van der Waals surface area contributed by atoms with Crippen LogP contribution in [0.15, 0.2) is 24.3 Å². The van der Waals surface area contributed by atoms with E-state index in [0.29, 0.717) is 0 Å². The SMILES string of the molecule is CN(C)Cc1c(C(C)(C)O)[nH]c2ccccc12. The van der Waals surface area contributed by atoms with Gasteiger partial charge in [0.05, 0.1) is 11.3 Å². The van der Waals surface area contributed by atoms with Gasteiger partial charge in [-0.05, 0) is 39.6 Å². The molecule has 0 saturated heterocycles. The van der Waals surface area contributed by atoms with Crippen molar-refractivity contribution in [3.63, 3.8) is 0 Å². The molecule has 17 heavy (non-hydrogen) atoms. The number of aliphatic hydroxyl groups is 1. The Labute approximate surface area is 102 Å². The Morgan fingerprint density at radius 3 is 2.47 bits per heavy atom. The Morgan fingerprint density at radius 1 is 1.24 bits per heavy atom. The molecule has 0 bridgehead atoms. The van der Waals surface area contributed by atoms with Gasteiger partial charge in [-0.15, -0.1) is 0 Å². The van der Waals surface area contributed by atoms with Gasteiger partial charge in [0.2, 0.25) is 0 Å². The van der Waals surface area contributed by atoms with Gasteiger partial charge in [0.1, 0.15) is 0 Å². The van der Waals surface area contributed by atoms with Gasteiger partial charge in [-0.3, -0.25) is 0 Å². The van der Waals surface area contributed by atoms with E-state index >= 15 is 0 Å². The molecule has 92 valence electrons. The zero-order valence-corrected chi connectivity index (χ0v) is 10.9. The molecule has 0 aliphatic rings. The van der Waals surface area contributed by atoms with Crippen LogP contribution in [0.5, 0.6) is 0 Å². The first-order chi connectivity index (χ1) is 7.89. The van der Waals surface area contributed by atoms with Crippen LogP contribution in [-0.2, 0) is 12.1 Å². The Hall–Kier alpha value is -1.32. The second kappa shape index (κ2) is 4.17. The maximum atomic E-state index is 10.2. The van der Waals surface area contributed by atoms with Gasteiger partial charge < -0.3 is 15.0 Å². The van der Waals surface area contributed by atoms with E-state index in [0.717, 1.165) is 17.8 Å². The average Bonchev–Trinajstić information content (AvgIpc) is 2.56. The number of nitrogens with zero attached hydrogens (tertiary/aromatic N) is 1. The highest BCUT2D eigenvalue weighted by atomic mass is 16.3. The fraction of sp³-hybridized carbons (Fsp3) is 0.429. The Kier molecular flexibility index (Phi) is 2.98. The molecule has 2 aromatic rings. The van der Waals surface area contributed by atoms with Crippen molar-refractivity contribution >= 4 is 10.9 Å². The number of rotatable bonds is 3. The Bertz CT molecular complexity index is 520. The minimum absolute atomic E-state index is 0.823. The number of hydrogen-bond donors (Lipinski definition) is 2. The van der Waals surface area contributed by atoms with Crippen LogP contribution >= 0.6 is 0 Å². The van der Waals surface area contributed by atoms with Gasteiger partial charge in [-0.25, -0.2) is 0 Å². The molecular weight excluding hydrogens is 212 g/mol. The van der Waals surface area contributed by atoms with E-state index in [1.165, 1.54) is 10.9 Å². The van der Waals surface area contributed by atoms with E-state index in [9.17, 15) is 5.11 Å². The van der Waals surface area contributed by atoms with Crippen LogP contribution < -0.4 is 0 Å². The second-order valence-corrected chi connectivity index (χ2v) is 5.32. The summed E-state index contributed by atoms with van der Waals surface area (Å²) in [5, 5.41) is 11.4. The number of nitrogens with one attached hydrogen (secondary N) is 1. The van der Waals surface area contributed by atoms with Gasteiger partial charge >= 0.3 is 0 Å². The maximum absolute atomic E-state index is 10.2. The fourth-order valence-electron chi connectivity index (χ4n) is 2.20. The Morgan fingerprint density at radius 2 is 1.88 bits per heavy atom. The molecule has 0 unspecified atom stereocenters. The molecule has 0 atom stereocenters. The summed E-state index contributed by atoms with van der Waals surface area (Å²) in [7, 11) is 4.08. The number of H-pyrrole nitrogens is 1. The molecule has 0 aliphatic carbocycles. The lowest BCUT2D eigenvalue weighted by molar-refractivity contribution is 0.0731. The molecule has 0 radical (unpaired) electrons. The summed E-state index contributed by atoms with van der Waals surface area (Å²) in [6.07, 6.45) is 0. The molecule has 3 heteroatoms. The summed E-state index contributed by atoms with van der Waals surface area (Å²) in [6, 6.07) is 8.18. The lowest BCUT2D eigenvalue weighted by Gasteiger charge is -2.20. The number of aromatic amines is 1. The molecule has 0 fully saturated rings. The summed E-state index contributed by atoms with van der Waals surface area (Å²) < 4.78 is 0. The predicted octanol–water partition coefficient (Wildman–Crippen LogP) is 2.46. The van der Waals surface area contributed by atoms with E-state index in [-0.39, 0.29) is 0 Å². The summed E-state index contributed by atoms with van der Waals surface area (Å²) in [6.45, 7) is 4.46. The van der Waals surface area contributed by atoms with Gasteiger partial charge in [0, 0.05) is 17.4 Å². The van der Waals surface area contributed by atoms with Crippen molar-refractivity contribution in [2.45, 2.75) is 26.0 Å². The minimum atomic E-state index is -0.843. The molecule has 1 aromatic carbocycles. The average molecular weight is 232 g/mol. The molecule has 0 aliphatic heterocycles. The predicted molar refractivity (Wildman–Crippen MR) is 70.9 cm³/mol. The quantitative estimate of drug-likeness (QED) is 0.853. The molecule has 0 saturated carbocycles. The normalized spacial score (nSPS) is 12.6. The van der Waals surface area contributed by atoms with Crippen LogP contribution in [0.4, 0.5) is 0 Å². The third-order valence-corrected chi connectivity index (χ3v) is 2.90. The largest absolute Gasteiger partial charge is 0.384 e. The zero-order chi connectivity index (χ0) is 12.6. The highest BCUT2D eigenvalue weighted by Gasteiger charge is 2.24. The smallest absolute Gasteiger partial charge is 0.0991 e. The number of aromatic nitrogens is 1. The van der Waals surface area contributed by atoms with E-state index in [4.69, 9.17) is 0 Å². The third-order valence-electron chi connectivity index (χ3n) is 2.90. The van der Waals surface area contributed by atoms with Gasteiger partial charge in [-0.2, -0.15) is 0 Å². The summed E-state index contributed by atoms with van der Waals surface area (Å²) in [5.41, 5.74) is 2.33. The zero-order valence-electron chi connectivity index (χ0n) is 10.9. The van der Waals surface area contributed by atoms with Crippen LogP contribution in [0, 0.1) is 0 Å². The number of benzene rings is 1. The van der Waals surface area contributed by atoms with Gasteiger partial charge in [-0.1, -0.05) is 18.2 Å². The lowest BCUT2D eigenvalue weighted by Crippen LogP contribution is -2.21. The van der Waals surface area contributed by atoms with E-state index in [2.05, 4.69) is 16.0 Å². The second-order valence-electron chi connectivity index (χ2n) is 5.32. The molecule has 1 heterocycles. The molecule has 2 N–H and O–H groups in total. The third kappa shape index (κ3) is 2.35. The first-order valence-electron chi connectivity index (χ1n) is 5.87. The van der Waals surface area contributed by atoms with Crippen molar-refractivity contribution in [1.29, 1.82) is 0 Å². The van der Waals surface area contributed by atoms with Crippen LogP contribution in [0.2, 0.25) is 0 Å². The van der Waals surface area contributed by atoms with Crippen molar-refractivity contribution in [2.75, 3.05) is 14.1 Å². The van der Waals surface area contributed by atoms with Crippen LogP contribution in [-0.4, -0.2) is 29.1 Å². The van der Waals surface area contributed by atoms with E-state index < -0.39 is 5.60 Å². The van der Waals surface area contributed by atoms with E-state index in [1.807, 2.05) is 46.1 Å². The molecular formula is C14H20N2O. The molecule has 0 amide bonds. The minimum Gasteiger partial charge on any atom is -0.384 e. The van der Waals surface area contributed by atoms with Crippen molar-refractivity contribution in [3.8, 4) is 0 Å². The number of para-hydroxylation sites is 1. The highest BCUT2D eigenvalue weighted by molar-refractivity contribution is 5.84. The summed E-state index contributed by atoms with van der Waals surface area (Å²) in [5.74, 6) is 0. The van der Waals surface area contributed by atoms with Crippen molar-refractivity contribution in [3.05, 3.63) is 35.5 Å². The lowest BCUT2D eigenvalue weighted by atomic mass is 9.99. The van der Waals surface area contributed by atoms with Crippen molar-refractivity contribution < 1.29 is 5.11 Å². The summed E-state index contributed by atoms with van der Waals surface area (Å²) in [4.78, 5) is 5.45. The van der Waals surface area contributed by atoms with Crippen molar-refractivity contribution in [1.82, 2.24) is 9.88 Å². The topological polar surface area (TPSA) is 39.3 Å². The first kappa shape index (κ1) is 12.1. The number of fused-ring (bicyclic) bond motifs is 1. The molecule has 2 rings (SSSR count). The summed E-state index contributed by atoms with van der Waals surface area (Å²) >= 11 is 0. The Balaban J connectivity index is 2.65. The van der Waals surface area contributed by atoms with Crippen LogP contribution in [0.25, 0.3) is 10.9 Å². The molecule has 1 aromatic heterocycles. The molecule has 3 nitrogen and oxygen atoms in total. The maximum Gasteiger partial charge on any atom is 0.0991 e. The highest BCUT2D eigenvalue weighted by Crippen LogP contribution is 2.30. The van der Waals surface area contributed by atoms with Crippen molar-refractivity contribution in [2.24, 2.45) is 0 Å². The number of hydrogen-bond acceptors (Lipinski definition) is 2. The van der Waals surface area contributed by atoms with Gasteiger partial charge in [0.15, 0.2) is 0 Å². The van der Waals surface area contributed by atoms with E-state index in [1.54, 1.807) is 0 Å². The molecule has 0 spiro atoms. The van der Waals surface area contributed by atoms with Crippen LogP contribution in [0.1, 0.15) is 25.1 Å². The first-order valence-corrected chi connectivity index (χ1v) is 5.87. The van der Waals surface area contributed by atoms with Crippen LogP contribution in [0.3, 0.4) is 0 Å². The standard InChI is InChI=1S/C14H20N2O/c1-14(2,17)13-11(9-16(3)4)10-7-5-6-8-12(10)15-13/h5-8,15,17H,9H2,1-4H3. The fourth-order valence-corrected chi connectivity index (χ4v) is 2.20. The van der Waals surface area contributed by atoms with Gasteiger partial charge in [0.25, 0.3) is 0 Å². The monoisotopic (exact) mass is 232 g/mol.